The highest BCUT2D eigenvalue weighted by molar-refractivity contribution is 8.03. The molecule has 2 aromatic rings. The molecule has 1 N–H and O–H groups in total. The van der Waals surface area contributed by atoms with Crippen molar-refractivity contribution in [2.75, 3.05) is 5.75 Å². The van der Waals surface area contributed by atoms with Crippen molar-refractivity contribution < 1.29 is 4.79 Å². The number of nitrogens with one attached hydrogen (secondary N) is 1. The van der Waals surface area contributed by atoms with Crippen molar-refractivity contribution in [2.24, 2.45) is 5.92 Å². The van der Waals surface area contributed by atoms with Crippen molar-refractivity contribution in [2.45, 2.75) is 60.0 Å². The van der Waals surface area contributed by atoms with Crippen LogP contribution in [0.1, 0.15) is 50.7 Å². The summed E-state index contributed by atoms with van der Waals surface area (Å²) in [5.41, 5.74) is 2.65. The van der Waals surface area contributed by atoms with Crippen LogP contribution in [0, 0.1) is 5.92 Å². The van der Waals surface area contributed by atoms with E-state index in [2.05, 4.69) is 60.6 Å². The second-order valence-corrected chi connectivity index (χ2v) is 10.4. The predicted octanol–water partition coefficient (Wildman–Crippen LogP) is 4.96. The van der Waals surface area contributed by atoms with Crippen LogP contribution in [0.3, 0.4) is 0 Å². The van der Waals surface area contributed by atoms with Gasteiger partial charge in [-0.3, -0.25) is 4.79 Å². The van der Waals surface area contributed by atoms with Crippen LogP contribution in [0.15, 0.2) is 32.9 Å². The summed E-state index contributed by atoms with van der Waals surface area (Å²) in [6, 6.07) is 9.06. The third-order valence-corrected chi connectivity index (χ3v) is 7.70. The molecule has 1 atom stereocenters. The standard InChI is InChI=1S/C19H25N3OS3/c1-12(2)15-6-4-14(5-7-15)10-24-18-21-22-19(26-18)25-11-17(23)20-13(3)16-8-9-16/h4-7,12-13,16H,8-11H2,1-3H3,(H,20,23). The van der Waals surface area contributed by atoms with Gasteiger partial charge in [0.1, 0.15) is 0 Å². The minimum Gasteiger partial charge on any atom is -0.353 e. The average molecular weight is 408 g/mol. The lowest BCUT2D eigenvalue weighted by Gasteiger charge is -2.11. The molecule has 7 heteroatoms. The van der Waals surface area contributed by atoms with Gasteiger partial charge in [0.25, 0.3) is 0 Å². The van der Waals surface area contributed by atoms with Gasteiger partial charge in [0.2, 0.25) is 5.91 Å². The number of nitrogens with zero attached hydrogens (tertiary/aromatic N) is 2. The first-order valence-corrected chi connectivity index (χ1v) is 11.8. The zero-order valence-electron chi connectivity index (χ0n) is 15.4. The lowest BCUT2D eigenvalue weighted by Crippen LogP contribution is -2.35. The SMILES string of the molecule is CC(C)c1ccc(CSc2nnc(SCC(=O)NC(C)C3CC3)s2)cc1. The monoisotopic (exact) mass is 407 g/mol. The fraction of sp³-hybridized carbons (Fsp3) is 0.526. The molecule has 1 unspecified atom stereocenters. The van der Waals surface area contributed by atoms with E-state index in [1.54, 1.807) is 23.1 Å². The Hall–Kier alpha value is -1.05. The van der Waals surface area contributed by atoms with Crippen LogP contribution in [0.25, 0.3) is 0 Å². The molecule has 140 valence electrons. The van der Waals surface area contributed by atoms with Crippen molar-refractivity contribution in [3.63, 3.8) is 0 Å². The molecule has 0 radical (unpaired) electrons. The van der Waals surface area contributed by atoms with E-state index in [0.717, 1.165) is 14.4 Å². The third-order valence-electron chi connectivity index (χ3n) is 4.44. The molecule has 0 spiro atoms. The average Bonchev–Trinajstić information content (AvgIpc) is 3.38. The lowest BCUT2D eigenvalue weighted by atomic mass is 10.0. The smallest absolute Gasteiger partial charge is 0.230 e. The maximum Gasteiger partial charge on any atom is 0.230 e. The fourth-order valence-electron chi connectivity index (χ4n) is 2.59. The van der Waals surface area contributed by atoms with E-state index in [1.165, 1.54) is 35.7 Å². The van der Waals surface area contributed by atoms with E-state index < -0.39 is 0 Å². The van der Waals surface area contributed by atoms with E-state index in [9.17, 15) is 4.79 Å². The first kappa shape index (κ1) is 19.7. The van der Waals surface area contributed by atoms with E-state index >= 15 is 0 Å². The van der Waals surface area contributed by atoms with Gasteiger partial charge in [-0.05, 0) is 42.7 Å². The van der Waals surface area contributed by atoms with Crippen molar-refractivity contribution >= 4 is 40.8 Å². The Labute approximate surface area is 168 Å². The summed E-state index contributed by atoms with van der Waals surface area (Å²) in [7, 11) is 0. The largest absolute Gasteiger partial charge is 0.353 e. The molecule has 1 amide bonds. The van der Waals surface area contributed by atoms with Gasteiger partial charge in [-0.2, -0.15) is 0 Å². The molecular weight excluding hydrogens is 382 g/mol. The number of carbonyl (C=O) groups is 1. The summed E-state index contributed by atoms with van der Waals surface area (Å²) in [6.07, 6.45) is 2.48. The fourth-order valence-corrected chi connectivity index (χ4v) is 5.38. The lowest BCUT2D eigenvalue weighted by molar-refractivity contribution is -0.119. The molecule has 1 aromatic heterocycles. The van der Waals surface area contributed by atoms with E-state index in [0.29, 0.717) is 23.6 Å². The Morgan fingerprint density at radius 3 is 2.42 bits per heavy atom. The van der Waals surface area contributed by atoms with Crippen molar-refractivity contribution in [3.8, 4) is 0 Å². The molecule has 3 rings (SSSR count). The van der Waals surface area contributed by atoms with Crippen molar-refractivity contribution in [1.29, 1.82) is 0 Å². The van der Waals surface area contributed by atoms with Gasteiger partial charge in [0.05, 0.1) is 5.75 Å². The molecule has 1 fully saturated rings. The Bertz CT molecular complexity index is 726. The zero-order chi connectivity index (χ0) is 18.5. The highest BCUT2D eigenvalue weighted by atomic mass is 32.2. The van der Waals surface area contributed by atoms with E-state index in [4.69, 9.17) is 0 Å². The number of amides is 1. The van der Waals surface area contributed by atoms with Crippen LogP contribution in [0.4, 0.5) is 0 Å². The molecule has 0 saturated heterocycles. The number of thioether (sulfide) groups is 2. The van der Waals surface area contributed by atoms with Crippen molar-refractivity contribution in [1.82, 2.24) is 15.5 Å². The Morgan fingerprint density at radius 2 is 1.81 bits per heavy atom. The quantitative estimate of drug-likeness (QED) is 0.595. The maximum atomic E-state index is 12.0. The topological polar surface area (TPSA) is 54.9 Å². The zero-order valence-corrected chi connectivity index (χ0v) is 17.8. The number of hydrogen-bond acceptors (Lipinski definition) is 6. The molecule has 1 heterocycles. The summed E-state index contributed by atoms with van der Waals surface area (Å²) in [6.45, 7) is 6.50. The summed E-state index contributed by atoms with van der Waals surface area (Å²) in [5.74, 6) is 2.63. The Balaban J connectivity index is 1.41. The van der Waals surface area contributed by atoms with Crippen LogP contribution >= 0.6 is 34.9 Å². The van der Waals surface area contributed by atoms with Crippen LogP contribution in [0.5, 0.6) is 0 Å². The maximum absolute atomic E-state index is 12.0. The molecule has 1 aromatic carbocycles. The van der Waals surface area contributed by atoms with Gasteiger partial charge in [0.15, 0.2) is 8.68 Å². The normalized spacial score (nSPS) is 15.2. The second kappa shape index (κ2) is 9.24. The molecule has 0 bridgehead atoms. The van der Waals surface area contributed by atoms with Gasteiger partial charge in [-0.15, -0.1) is 10.2 Å². The number of hydrogen-bond donors (Lipinski definition) is 1. The number of carbonyl (C=O) groups excluding carboxylic acids is 1. The summed E-state index contributed by atoms with van der Waals surface area (Å²) in [5, 5.41) is 11.5. The first-order valence-electron chi connectivity index (χ1n) is 8.98. The molecule has 0 aliphatic heterocycles. The first-order chi connectivity index (χ1) is 12.5. The molecule has 1 saturated carbocycles. The van der Waals surface area contributed by atoms with Gasteiger partial charge < -0.3 is 5.32 Å². The molecule has 26 heavy (non-hydrogen) atoms. The van der Waals surface area contributed by atoms with Crippen LogP contribution in [-0.4, -0.2) is 27.9 Å². The third kappa shape index (κ3) is 5.99. The van der Waals surface area contributed by atoms with Crippen LogP contribution < -0.4 is 5.32 Å². The minimum atomic E-state index is 0.0871. The number of benzene rings is 1. The van der Waals surface area contributed by atoms with Crippen LogP contribution in [0.2, 0.25) is 0 Å². The predicted molar refractivity (Wildman–Crippen MR) is 111 cm³/mol. The Morgan fingerprint density at radius 1 is 1.15 bits per heavy atom. The highest BCUT2D eigenvalue weighted by Crippen LogP contribution is 2.33. The highest BCUT2D eigenvalue weighted by Gasteiger charge is 2.28. The summed E-state index contributed by atoms with van der Waals surface area (Å²) in [4.78, 5) is 12.0. The number of aromatic nitrogens is 2. The molecular formula is C19H25N3OS3. The van der Waals surface area contributed by atoms with Gasteiger partial charge in [0, 0.05) is 11.8 Å². The second-order valence-electron chi connectivity index (χ2n) is 7.00. The van der Waals surface area contributed by atoms with Gasteiger partial charge in [-0.1, -0.05) is 73.0 Å². The van der Waals surface area contributed by atoms with E-state index in [1.807, 2.05) is 0 Å². The molecule has 1 aliphatic rings. The Kier molecular flexibility index (Phi) is 7.00. The van der Waals surface area contributed by atoms with Crippen molar-refractivity contribution in [3.05, 3.63) is 35.4 Å². The molecule has 1 aliphatic carbocycles. The van der Waals surface area contributed by atoms with Crippen LogP contribution in [-0.2, 0) is 10.5 Å². The van der Waals surface area contributed by atoms with Gasteiger partial charge >= 0.3 is 0 Å². The summed E-state index contributed by atoms with van der Waals surface area (Å²) < 4.78 is 1.81. The minimum absolute atomic E-state index is 0.0871. The van der Waals surface area contributed by atoms with Gasteiger partial charge in [-0.25, -0.2) is 0 Å². The molecule has 4 nitrogen and oxygen atoms in total. The van der Waals surface area contributed by atoms with E-state index in [-0.39, 0.29) is 5.91 Å². The number of rotatable bonds is 9. The summed E-state index contributed by atoms with van der Waals surface area (Å²) >= 11 is 4.73.